The van der Waals surface area contributed by atoms with Gasteiger partial charge in [-0.05, 0) is 44.2 Å². The van der Waals surface area contributed by atoms with E-state index >= 15 is 0 Å². The monoisotopic (exact) mass is 349 g/mol. The van der Waals surface area contributed by atoms with Crippen molar-refractivity contribution in [2.75, 3.05) is 7.05 Å². The molecular weight excluding hydrogens is 322 g/mol. The maximum Gasteiger partial charge on any atom is 0.212 e. The molecule has 3 rings (SSSR count). The number of benzene rings is 1. The van der Waals surface area contributed by atoms with Crippen LogP contribution in [0, 0.1) is 5.92 Å². The second-order valence-corrected chi connectivity index (χ2v) is 6.64. The van der Waals surface area contributed by atoms with Crippen molar-refractivity contribution in [3.05, 3.63) is 47.7 Å². The number of rotatable bonds is 6. The topological polar surface area (TPSA) is 39.1 Å². The number of nitrogens with zero attached hydrogens (tertiary/aromatic N) is 2. The van der Waals surface area contributed by atoms with E-state index in [4.69, 9.17) is 9.84 Å². The zero-order valence-electron chi connectivity index (χ0n) is 14.6. The fourth-order valence-electron chi connectivity index (χ4n) is 3.28. The Morgan fingerprint density at radius 3 is 2.54 bits per heavy atom. The van der Waals surface area contributed by atoms with E-state index in [0.717, 1.165) is 24.0 Å². The van der Waals surface area contributed by atoms with Gasteiger partial charge in [0.25, 0.3) is 0 Å². The molecule has 1 N–H and O–H groups in total. The molecule has 1 saturated carbocycles. The molecule has 0 spiro atoms. The summed E-state index contributed by atoms with van der Waals surface area (Å²) in [5.41, 5.74) is 2.24. The molecule has 0 amide bonds. The van der Waals surface area contributed by atoms with Crippen LogP contribution in [-0.2, 0) is 13.2 Å². The van der Waals surface area contributed by atoms with Gasteiger partial charge < -0.3 is 10.1 Å². The van der Waals surface area contributed by atoms with Gasteiger partial charge in [0.05, 0.1) is 11.7 Å². The van der Waals surface area contributed by atoms with Crippen LogP contribution in [0.3, 0.4) is 0 Å². The first kappa shape index (κ1) is 18.8. The van der Waals surface area contributed by atoms with Crippen molar-refractivity contribution in [3.63, 3.8) is 0 Å². The van der Waals surface area contributed by atoms with E-state index in [0.29, 0.717) is 12.6 Å². The number of aromatic nitrogens is 2. The molecule has 0 radical (unpaired) electrons. The van der Waals surface area contributed by atoms with Gasteiger partial charge in [-0.2, -0.15) is 5.10 Å². The Hall–Kier alpha value is -1.52. The molecule has 2 aromatic rings. The molecule has 0 aliphatic heterocycles. The third-order valence-corrected chi connectivity index (χ3v) is 4.67. The van der Waals surface area contributed by atoms with Gasteiger partial charge in [0.2, 0.25) is 5.88 Å². The van der Waals surface area contributed by atoms with E-state index in [1.54, 1.807) is 0 Å². The largest absolute Gasteiger partial charge is 0.473 e. The van der Waals surface area contributed by atoms with Crippen LogP contribution >= 0.6 is 12.4 Å². The van der Waals surface area contributed by atoms with E-state index < -0.39 is 0 Å². The Morgan fingerprint density at radius 1 is 1.17 bits per heavy atom. The highest BCUT2D eigenvalue weighted by Crippen LogP contribution is 2.34. The summed E-state index contributed by atoms with van der Waals surface area (Å²) in [6.07, 6.45) is 4.96. The first-order valence-corrected chi connectivity index (χ1v) is 8.66. The molecule has 0 saturated heterocycles. The molecule has 1 aliphatic rings. The second kappa shape index (κ2) is 9.09. The quantitative estimate of drug-likeness (QED) is 0.842. The Bertz CT molecular complexity index is 606. The number of hydrogen-bond acceptors (Lipinski definition) is 3. The summed E-state index contributed by atoms with van der Waals surface area (Å²) in [5.74, 6) is 1.74. The summed E-state index contributed by atoms with van der Waals surface area (Å²) >= 11 is 0. The summed E-state index contributed by atoms with van der Waals surface area (Å²) in [5, 5.41) is 7.97. The van der Waals surface area contributed by atoms with Crippen molar-refractivity contribution >= 4 is 12.4 Å². The summed E-state index contributed by atoms with van der Waals surface area (Å²) < 4.78 is 8.23. The molecule has 1 aromatic heterocycles. The first-order chi connectivity index (χ1) is 11.3. The summed E-state index contributed by atoms with van der Waals surface area (Å²) in [6.45, 7) is 3.71. The molecule has 132 valence electrons. The molecular formula is C19H28ClN3O. The number of halogens is 1. The van der Waals surface area contributed by atoms with Crippen molar-refractivity contribution in [2.45, 2.75) is 51.8 Å². The Morgan fingerprint density at radius 2 is 1.88 bits per heavy atom. The SMILES string of the molecule is CNCc1cc(OCc2ccccc2)n(C2CCC(C)CC2)n1.Cl. The maximum atomic E-state index is 6.10. The van der Waals surface area contributed by atoms with Crippen LogP contribution in [0.15, 0.2) is 36.4 Å². The standard InChI is InChI=1S/C19H27N3O.ClH/c1-15-8-10-18(11-9-15)22-19(12-17(21-22)13-20-2)23-14-16-6-4-3-5-7-16;/h3-7,12,15,18,20H,8-11,13-14H2,1-2H3;1H. The van der Waals surface area contributed by atoms with Crippen LogP contribution in [0.2, 0.25) is 0 Å². The van der Waals surface area contributed by atoms with Crippen molar-refractivity contribution in [1.29, 1.82) is 0 Å². The maximum absolute atomic E-state index is 6.10. The first-order valence-electron chi connectivity index (χ1n) is 8.66. The van der Waals surface area contributed by atoms with Crippen LogP contribution in [0.1, 0.15) is 49.9 Å². The number of hydrogen-bond donors (Lipinski definition) is 1. The third-order valence-electron chi connectivity index (χ3n) is 4.67. The van der Waals surface area contributed by atoms with Crippen LogP contribution in [-0.4, -0.2) is 16.8 Å². The minimum Gasteiger partial charge on any atom is -0.473 e. The van der Waals surface area contributed by atoms with Gasteiger partial charge in [0.1, 0.15) is 6.61 Å². The molecule has 4 nitrogen and oxygen atoms in total. The van der Waals surface area contributed by atoms with Crippen LogP contribution in [0.25, 0.3) is 0 Å². The predicted octanol–water partition coefficient (Wildman–Crippen LogP) is 4.35. The van der Waals surface area contributed by atoms with Crippen molar-refractivity contribution < 1.29 is 4.74 Å². The zero-order valence-corrected chi connectivity index (χ0v) is 15.4. The Kier molecular flexibility index (Phi) is 7.13. The highest BCUT2D eigenvalue weighted by Gasteiger charge is 2.23. The van der Waals surface area contributed by atoms with Crippen molar-refractivity contribution in [2.24, 2.45) is 5.92 Å². The van der Waals surface area contributed by atoms with Crippen molar-refractivity contribution in [3.8, 4) is 5.88 Å². The van der Waals surface area contributed by atoms with Gasteiger partial charge in [0.15, 0.2) is 0 Å². The third kappa shape index (κ3) is 4.74. The summed E-state index contributed by atoms with van der Waals surface area (Å²) in [6, 6.07) is 12.9. The number of ether oxygens (including phenoxy) is 1. The van der Waals surface area contributed by atoms with Gasteiger partial charge >= 0.3 is 0 Å². The highest BCUT2D eigenvalue weighted by atomic mass is 35.5. The van der Waals surface area contributed by atoms with E-state index in [1.165, 1.54) is 31.2 Å². The van der Waals surface area contributed by atoms with E-state index in [9.17, 15) is 0 Å². The molecule has 5 heteroatoms. The smallest absolute Gasteiger partial charge is 0.212 e. The lowest BCUT2D eigenvalue weighted by Crippen LogP contribution is -2.19. The molecule has 0 bridgehead atoms. The van der Waals surface area contributed by atoms with E-state index in [1.807, 2.05) is 25.2 Å². The van der Waals surface area contributed by atoms with Crippen LogP contribution in [0.4, 0.5) is 0 Å². The molecule has 1 aliphatic carbocycles. The summed E-state index contributed by atoms with van der Waals surface area (Å²) in [7, 11) is 1.95. The fourth-order valence-corrected chi connectivity index (χ4v) is 3.28. The van der Waals surface area contributed by atoms with E-state index in [2.05, 4.69) is 35.1 Å². The Labute approximate surface area is 151 Å². The minimum absolute atomic E-state index is 0. The van der Waals surface area contributed by atoms with Gasteiger partial charge in [-0.3, -0.25) is 0 Å². The Balaban J connectivity index is 0.00000208. The molecule has 1 heterocycles. The fraction of sp³-hybridized carbons (Fsp3) is 0.526. The van der Waals surface area contributed by atoms with Crippen LogP contribution in [0.5, 0.6) is 5.88 Å². The molecule has 1 fully saturated rings. The van der Waals surface area contributed by atoms with Gasteiger partial charge in [-0.1, -0.05) is 37.3 Å². The number of nitrogens with one attached hydrogen (secondary N) is 1. The zero-order chi connectivity index (χ0) is 16.1. The van der Waals surface area contributed by atoms with Gasteiger partial charge in [0, 0.05) is 12.6 Å². The summed E-state index contributed by atoms with van der Waals surface area (Å²) in [4.78, 5) is 0. The van der Waals surface area contributed by atoms with Crippen molar-refractivity contribution in [1.82, 2.24) is 15.1 Å². The molecule has 0 atom stereocenters. The normalized spacial score (nSPS) is 20.4. The molecule has 0 unspecified atom stereocenters. The van der Waals surface area contributed by atoms with Crippen LogP contribution < -0.4 is 10.1 Å². The minimum atomic E-state index is 0. The lowest BCUT2D eigenvalue weighted by atomic mass is 9.87. The lowest BCUT2D eigenvalue weighted by Gasteiger charge is -2.27. The molecule has 1 aromatic carbocycles. The average Bonchev–Trinajstić information content (AvgIpc) is 2.98. The highest BCUT2D eigenvalue weighted by molar-refractivity contribution is 5.85. The van der Waals surface area contributed by atoms with Gasteiger partial charge in [-0.15, -0.1) is 12.4 Å². The lowest BCUT2D eigenvalue weighted by molar-refractivity contribution is 0.221. The second-order valence-electron chi connectivity index (χ2n) is 6.64. The molecule has 24 heavy (non-hydrogen) atoms. The average molecular weight is 350 g/mol. The van der Waals surface area contributed by atoms with Gasteiger partial charge in [-0.25, -0.2) is 4.68 Å². The predicted molar refractivity (Wildman–Crippen MR) is 99.7 cm³/mol. The van der Waals surface area contributed by atoms with E-state index in [-0.39, 0.29) is 12.4 Å².